The van der Waals surface area contributed by atoms with Gasteiger partial charge in [0.25, 0.3) is 0 Å². The summed E-state index contributed by atoms with van der Waals surface area (Å²) in [6, 6.07) is 10.5. The first kappa shape index (κ1) is 14.7. The summed E-state index contributed by atoms with van der Waals surface area (Å²) in [4.78, 5) is 0. The monoisotopic (exact) mass is 339 g/mol. The normalized spacial score (nSPS) is 10.2. The number of hydrogen-bond acceptors (Lipinski definition) is 3. The van der Waals surface area contributed by atoms with Crippen molar-refractivity contribution < 1.29 is 13.9 Å². The molecule has 20 heavy (non-hydrogen) atoms. The van der Waals surface area contributed by atoms with Crippen molar-refractivity contribution in [3.05, 3.63) is 52.3 Å². The zero-order chi connectivity index (χ0) is 14.5. The second-order valence-electron chi connectivity index (χ2n) is 4.20. The summed E-state index contributed by atoms with van der Waals surface area (Å²) < 4.78 is 24.0. The number of anilines is 1. The minimum atomic E-state index is -0.267. The largest absolute Gasteiger partial charge is 0.497 e. The predicted octanol–water partition coefficient (Wildman–Crippen LogP) is 4.22. The smallest absolute Gasteiger partial charge is 0.137 e. The van der Waals surface area contributed by atoms with Gasteiger partial charge in [0.05, 0.1) is 18.7 Å². The van der Waals surface area contributed by atoms with E-state index in [1.807, 2.05) is 12.1 Å². The van der Waals surface area contributed by atoms with Crippen molar-refractivity contribution in [1.82, 2.24) is 0 Å². The van der Waals surface area contributed by atoms with Gasteiger partial charge in [0.1, 0.15) is 17.3 Å². The third-order valence-corrected chi connectivity index (χ3v) is 3.44. The molecule has 0 fully saturated rings. The third-order valence-electron chi connectivity index (χ3n) is 2.83. The number of nitrogens with one attached hydrogen (secondary N) is 1. The van der Waals surface area contributed by atoms with Crippen molar-refractivity contribution >= 4 is 21.6 Å². The molecule has 1 N–H and O–H groups in total. The van der Waals surface area contributed by atoms with E-state index in [-0.39, 0.29) is 5.82 Å². The van der Waals surface area contributed by atoms with E-state index in [0.717, 1.165) is 11.3 Å². The lowest BCUT2D eigenvalue weighted by atomic mass is 10.2. The van der Waals surface area contributed by atoms with Gasteiger partial charge in [-0.3, -0.25) is 0 Å². The van der Waals surface area contributed by atoms with Crippen molar-refractivity contribution in [3.63, 3.8) is 0 Å². The van der Waals surface area contributed by atoms with Crippen molar-refractivity contribution in [1.29, 1.82) is 0 Å². The van der Waals surface area contributed by atoms with Crippen LogP contribution in [0.4, 0.5) is 10.1 Å². The summed E-state index contributed by atoms with van der Waals surface area (Å²) >= 11 is 3.18. The number of methoxy groups -OCH3 is 2. The number of rotatable bonds is 5. The van der Waals surface area contributed by atoms with Gasteiger partial charge in [-0.15, -0.1) is 0 Å². The van der Waals surface area contributed by atoms with Gasteiger partial charge in [0.2, 0.25) is 0 Å². The van der Waals surface area contributed by atoms with Gasteiger partial charge < -0.3 is 14.8 Å². The molecule has 5 heteroatoms. The molecule has 0 aromatic heterocycles. The van der Waals surface area contributed by atoms with E-state index in [0.29, 0.717) is 22.5 Å². The van der Waals surface area contributed by atoms with Crippen LogP contribution in [0.5, 0.6) is 11.5 Å². The molecule has 0 aliphatic carbocycles. The minimum Gasteiger partial charge on any atom is -0.497 e. The summed E-state index contributed by atoms with van der Waals surface area (Å²) in [5.41, 5.74) is 1.85. The van der Waals surface area contributed by atoms with Crippen LogP contribution in [0.3, 0.4) is 0 Å². The van der Waals surface area contributed by atoms with E-state index in [1.54, 1.807) is 32.4 Å². The van der Waals surface area contributed by atoms with Crippen LogP contribution >= 0.6 is 15.9 Å². The Morgan fingerprint density at radius 3 is 2.25 bits per heavy atom. The lowest BCUT2D eigenvalue weighted by molar-refractivity contribution is 0.394. The molecule has 0 unspecified atom stereocenters. The highest BCUT2D eigenvalue weighted by molar-refractivity contribution is 9.10. The summed E-state index contributed by atoms with van der Waals surface area (Å²) in [7, 11) is 3.21. The second kappa shape index (κ2) is 6.61. The fraction of sp³-hybridized carbons (Fsp3) is 0.200. The first-order valence-electron chi connectivity index (χ1n) is 6.03. The highest BCUT2D eigenvalue weighted by atomic mass is 79.9. The Labute approximate surface area is 125 Å². The predicted molar refractivity (Wildman–Crippen MR) is 81.0 cm³/mol. The summed E-state index contributed by atoms with van der Waals surface area (Å²) in [6.07, 6.45) is 0. The standard InChI is InChI=1S/C15H15BrFNO2/c1-19-12-6-11(7-13(8-12)20-2)18-9-10-3-4-15(17)14(16)5-10/h3-8,18H,9H2,1-2H3. The quantitative estimate of drug-likeness (QED) is 0.884. The van der Waals surface area contributed by atoms with Gasteiger partial charge in [0, 0.05) is 30.4 Å². The van der Waals surface area contributed by atoms with Crippen LogP contribution in [-0.2, 0) is 6.54 Å². The molecular formula is C15H15BrFNO2. The lowest BCUT2D eigenvalue weighted by Crippen LogP contribution is -2.00. The molecule has 0 aliphatic heterocycles. The molecule has 106 valence electrons. The second-order valence-corrected chi connectivity index (χ2v) is 5.06. The third kappa shape index (κ3) is 3.63. The lowest BCUT2D eigenvalue weighted by Gasteiger charge is -2.11. The van der Waals surface area contributed by atoms with E-state index in [2.05, 4.69) is 21.2 Å². The SMILES string of the molecule is COc1cc(NCc2ccc(F)c(Br)c2)cc(OC)c1. The molecule has 0 saturated heterocycles. The van der Waals surface area contributed by atoms with Gasteiger partial charge in [-0.25, -0.2) is 4.39 Å². The fourth-order valence-electron chi connectivity index (χ4n) is 1.76. The molecule has 2 aromatic rings. The van der Waals surface area contributed by atoms with E-state index in [9.17, 15) is 4.39 Å². The zero-order valence-electron chi connectivity index (χ0n) is 11.2. The Morgan fingerprint density at radius 2 is 1.70 bits per heavy atom. The molecule has 0 atom stereocenters. The maximum Gasteiger partial charge on any atom is 0.137 e. The van der Waals surface area contributed by atoms with Crippen LogP contribution in [0.25, 0.3) is 0 Å². The summed E-state index contributed by atoms with van der Waals surface area (Å²) in [6.45, 7) is 0.579. The molecule has 3 nitrogen and oxygen atoms in total. The van der Waals surface area contributed by atoms with E-state index in [4.69, 9.17) is 9.47 Å². The van der Waals surface area contributed by atoms with Crippen molar-refractivity contribution in [3.8, 4) is 11.5 Å². The molecule has 2 rings (SSSR count). The number of hydrogen-bond donors (Lipinski definition) is 1. The summed E-state index contributed by atoms with van der Waals surface area (Å²) in [5, 5.41) is 3.25. The average Bonchev–Trinajstić information content (AvgIpc) is 2.48. The van der Waals surface area contributed by atoms with E-state index >= 15 is 0 Å². The van der Waals surface area contributed by atoms with Crippen molar-refractivity contribution in [2.45, 2.75) is 6.54 Å². The first-order chi connectivity index (χ1) is 9.62. The van der Waals surface area contributed by atoms with Crippen molar-refractivity contribution in [2.24, 2.45) is 0 Å². The van der Waals surface area contributed by atoms with Crippen molar-refractivity contribution in [2.75, 3.05) is 19.5 Å². The molecule has 0 saturated carbocycles. The van der Waals surface area contributed by atoms with Crippen LogP contribution in [-0.4, -0.2) is 14.2 Å². The van der Waals surface area contributed by atoms with E-state index in [1.165, 1.54) is 6.07 Å². The van der Waals surface area contributed by atoms with Crippen LogP contribution < -0.4 is 14.8 Å². The Hall–Kier alpha value is -1.75. The molecule has 0 amide bonds. The molecule has 0 spiro atoms. The minimum absolute atomic E-state index is 0.267. The molecule has 0 bridgehead atoms. The Kier molecular flexibility index (Phi) is 4.84. The Balaban J connectivity index is 2.11. The van der Waals surface area contributed by atoms with Crippen LogP contribution in [0, 0.1) is 5.82 Å². The fourth-order valence-corrected chi connectivity index (χ4v) is 2.19. The highest BCUT2D eigenvalue weighted by Crippen LogP contribution is 2.26. The zero-order valence-corrected chi connectivity index (χ0v) is 12.8. The molecule has 0 aliphatic rings. The molecule has 2 aromatic carbocycles. The first-order valence-corrected chi connectivity index (χ1v) is 6.82. The number of benzene rings is 2. The topological polar surface area (TPSA) is 30.5 Å². The summed E-state index contributed by atoms with van der Waals surface area (Å²) in [5.74, 6) is 1.16. The maximum atomic E-state index is 13.2. The number of ether oxygens (including phenoxy) is 2. The molecule has 0 radical (unpaired) electrons. The van der Waals surface area contributed by atoms with Crippen LogP contribution in [0.1, 0.15) is 5.56 Å². The molecular weight excluding hydrogens is 325 g/mol. The van der Waals surface area contributed by atoms with Crippen LogP contribution in [0.15, 0.2) is 40.9 Å². The maximum absolute atomic E-state index is 13.2. The van der Waals surface area contributed by atoms with Crippen LogP contribution in [0.2, 0.25) is 0 Å². The Morgan fingerprint density at radius 1 is 1.05 bits per heavy atom. The van der Waals surface area contributed by atoms with Gasteiger partial charge in [0.15, 0.2) is 0 Å². The van der Waals surface area contributed by atoms with Gasteiger partial charge in [-0.1, -0.05) is 6.07 Å². The van der Waals surface area contributed by atoms with E-state index < -0.39 is 0 Å². The average molecular weight is 340 g/mol. The van der Waals surface area contributed by atoms with Gasteiger partial charge in [-0.2, -0.15) is 0 Å². The number of halogens is 2. The highest BCUT2D eigenvalue weighted by Gasteiger charge is 2.03. The Bertz CT molecular complexity index is 582. The van der Waals surface area contributed by atoms with Gasteiger partial charge in [-0.05, 0) is 33.6 Å². The van der Waals surface area contributed by atoms with Gasteiger partial charge >= 0.3 is 0 Å². The molecule has 0 heterocycles.